The molecule has 0 unspecified atom stereocenters. The number of carbonyl (C=O) groups is 1. The molecule has 0 N–H and O–H groups in total. The Balaban J connectivity index is 2.08. The molecule has 4 nitrogen and oxygen atoms in total. The molecular formula is C11H8N2O2S. The Hall–Kier alpha value is -1.75. The van der Waals surface area contributed by atoms with Crippen LogP contribution in [-0.2, 0) is 6.42 Å². The van der Waals surface area contributed by atoms with Crippen LogP contribution in [0.5, 0.6) is 5.75 Å². The first-order valence-electron chi connectivity index (χ1n) is 4.93. The zero-order valence-electron chi connectivity index (χ0n) is 8.34. The monoisotopic (exact) mass is 232 g/mol. The third-order valence-electron chi connectivity index (χ3n) is 2.55. The second-order valence-corrected chi connectivity index (χ2v) is 4.07. The molecule has 2 aromatic rings. The topological polar surface area (TPSA) is 52.1 Å². The largest absolute Gasteiger partial charge is 0.492 e. The Bertz CT molecular complexity index is 537. The lowest BCUT2D eigenvalue weighted by Gasteiger charge is -2.04. The first-order valence-corrected chi connectivity index (χ1v) is 5.66. The Morgan fingerprint density at radius 3 is 3.19 bits per heavy atom. The lowest BCUT2D eigenvalue weighted by molar-refractivity contribution is 0.103. The molecule has 5 heteroatoms. The number of aromatic nitrogens is 2. The molecule has 0 amide bonds. The predicted octanol–water partition coefficient (Wildman–Crippen LogP) is 1.70. The minimum atomic E-state index is -0.118. The summed E-state index contributed by atoms with van der Waals surface area (Å²) in [6, 6.07) is 5.63. The van der Waals surface area contributed by atoms with Gasteiger partial charge in [-0.25, -0.2) is 0 Å². The Morgan fingerprint density at radius 2 is 2.38 bits per heavy atom. The van der Waals surface area contributed by atoms with Crippen LogP contribution in [0.25, 0.3) is 0 Å². The van der Waals surface area contributed by atoms with Crippen molar-refractivity contribution in [2.75, 3.05) is 6.61 Å². The Morgan fingerprint density at radius 1 is 1.44 bits per heavy atom. The summed E-state index contributed by atoms with van der Waals surface area (Å²) in [4.78, 5) is 12.1. The number of carbonyl (C=O) groups excluding carboxylic acids is 1. The number of ketones is 1. The minimum absolute atomic E-state index is 0.118. The first kappa shape index (κ1) is 9.47. The van der Waals surface area contributed by atoms with Crippen molar-refractivity contribution in [1.29, 1.82) is 0 Å². The second kappa shape index (κ2) is 3.68. The number of fused-ring (bicyclic) bond motifs is 1. The number of nitrogens with zero attached hydrogens (tertiary/aromatic N) is 2. The molecule has 0 bridgehead atoms. The second-order valence-electron chi connectivity index (χ2n) is 3.51. The van der Waals surface area contributed by atoms with E-state index < -0.39 is 0 Å². The lowest BCUT2D eigenvalue weighted by Crippen LogP contribution is -2.03. The SMILES string of the molecule is O=C(c1cnsn1)c1cccc2c1OCC2. The molecule has 0 aliphatic carbocycles. The average Bonchev–Trinajstić information content (AvgIpc) is 2.98. The van der Waals surface area contributed by atoms with Crippen LogP contribution in [-0.4, -0.2) is 21.1 Å². The lowest BCUT2D eigenvalue weighted by atomic mass is 10.0. The van der Waals surface area contributed by atoms with E-state index in [1.165, 1.54) is 6.20 Å². The van der Waals surface area contributed by atoms with Gasteiger partial charge in [0, 0.05) is 6.42 Å². The van der Waals surface area contributed by atoms with E-state index in [-0.39, 0.29) is 5.78 Å². The minimum Gasteiger partial charge on any atom is -0.492 e. The van der Waals surface area contributed by atoms with Crippen molar-refractivity contribution in [3.63, 3.8) is 0 Å². The van der Waals surface area contributed by atoms with Gasteiger partial charge in [-0.2, -0.15) is 8.75 Å². The highest BCUT2D eigenvalue weighted by Gasteiger charge is 2.22. The number of hydrogen-bond donors (Lipinski definition) is 0. The van der Waals surface area contributed by atoms with E-state index in [4.69, 9.17) is 4.74 Å². The van der Waals surface area contributed by atoms with Crippen LogP contribution in [0.1, 0.15) is 21.6 Å². The molecule has 1 aliphatic heterocycles. The molecule has 0 fully saturated rings. The van der Waals surface area contributed by atoms with E-state index in [1.807, 2.05) is 12.1 Å². The smallest absolute Gasteiger partial charge is 0.217 e. The number of ether oxygens (including phenoxy) is 1. The van der Waals surface area contributed by atoms with Crippen LogP contribution in [0.15, 0.2) is 24.4 Å². The molecule has 1 aromatic carbocycles. The molecule has 80 valence electrons. The molecule has 2 heterocycles. The zero-order valence-corrected chi connectivity index (χ0v) is 9.16. The van der Waals surface area contributed by atoms with E-state index in [1.54, 1.807) is 6.07 Å². The summed E-state index contributed by atoms with van der Waals surface area (Å²) in [5, 5.41) is 0. The van der Waals surface area contributed by atoms with E-state index in [9.17, 15) is 4.79 Å². The van der Waals surface area contributed by atoms with E-state index >= 15 is 0 Å². The summed E-state index contributed by atoms with van der Waals surface area (Å²) in [7, 11) is 0. The third-order valence-corrected chi connectivity index (χ3v) is 3.03. The molecule has 1 aromatic heterocycles. The predicted molar refractivity (Wildman–Crippen MR) is 59.0 cm³/mol. The zero-order chi connectivity index (χ0) is 11.0. The molecule has 0 saturated carbocycles. The summed E-state index contributed by atoms with van der Waals surface area (Å²) in [5.41, 5.74) is 2.06. The van der Waals surface area contributed by atoms with Crippen LogP contribution < -0.4 is 4.74 Å². The summed E-state index contributed by atoms with van der Waals surface area (Å²) in [6.45, 7) is 0.648. The van der Waals surface area contributed by atoms with Crippen molar-refractivity contribution in [3.8, 4) is 5.75 Å². The van der Waals surface area contributed by atoms with E-state index in [0.29, 0.717) is 23.6 Å². The average molecular weight is 232 g/mol. The van der Waals surface area contributed by atoms with Crippen molar-refractivity contribution >= 4 is 17.5 Å². The fraction of sp³-hybridized carbons (Fsp3) is 0.182. The highest BCUT2D eigenvalue weighted by molar-refractivity contribution is 6.99. The van der Waals surface area contributed by atoms with E-state index in [2.05, 4.69) is 8.75 Å². The van der Waals surface area contributed by atoms with Gasteiger partial charge in [0.1, 0.15) is 11.4 Å². The summed E-state index contributed by atoms with van der Waals surface area (Å²) < 4.78 is 13.3. The van der Waals surface area contributed by atoms with Gasteiger partial charge in [0.15, 0.2) is 0 Å². The number of hydrogen-bond acceptors (Lipinski definition) is 5. The quantitative estimate of drug-likeness (QED) is 0.739. The Kier molecular flexibility index (Phi) is 2.18. The van der Waals surface area contributed by atoms with E-state index in [0.717, 1.165) is 23.7 Å². The number of benzene rings is 1. The summed E-state index contributed by atoms with van der Waals surface area (Å²) in [6.07, 6.45) is 2.35. The molecular weight excluding hydrogens is 224 g/mol. The van der Waals surface area contributed by atoms with Gasteiger partial charge >= 0.3 is 0 Å². The van der Waals surface area contributed by atoms with Gasteiger partial charge in [-0.05, 0) is 11.6 Å². The molecule has 0 spiro atoms. The van der Waals surface area contributed by atoms with Gasteiger partial charge in [-0.3, -0.25) is 4.79 Å². The van der Waals surface area contributed by atoms with Crippen molar-refractivity contribution in [1.82, 2.24) is 8.75 Å². The van der Waals surface area contributed by atoms with Gasteiger partial charge in [-0.15, -0.1) is 0 Å². The number of para-hydroxylation sites is 1. The maximum absolute atomic E-state index is 12.1. The first-order chi connectivity index (χ1) is 7.86. The highest BCUT2D eigenvalue weighted by Crippen LogP contribution is 2.30. The highest BCUT2D eigenvalue weighted by atomic mass is 32.1. The van der Waals surface area contributed by atoms with Gasteiger partial charge < -0.3 is 4.74 Å². The fourth-order valence-electron chi connectivity index (χ4n) is 1.80. The van der Waals surface area contributed by atoms with Gasteiger partial charge in [0.2, 0.25) is 5.78 Å². The van der Waals surface area contributed by atoms with Crippen molar-refractivity contribution in [2.45, 2.75) is 6.42 Å². The van der Waals surface area contributed by atoms with Crippen molar-refractivity contribution in [2.24, 2.45) is 0 Å². The summed E-state index contributed by atoms with van der Waals surface area (Å²) in [5.74, 6) is 0.591. The number of rotatable bonds is 2. The van der Waals surface area contributed by atoms with Crippen LogP contribution >= 0.6 is 11.7 Å². The molecule has 0 atom stereocenters. The standard InChI is InChI=1S/C11H8N2O2S/c14-10(9-6-12-16-13-9)8-3-1-2-7-4-5-15-11(7)8/h1-3,6H,4-5H2. The van der Waals surface area contributed by atoms with Crippen LogP contribution in [0.3, 0.4) is 0 Å². The van der Waals surface area contributed by atoms with Crippen molar-refractivity contribution < 1.29 is 9.53 Å². The molecule has 0 saturated heterocycles. The van der Waals surface area contributed by atoms with Crippen molar-refractivity contribution in [3.05, 3.63) is 41.2 Å². The normalized spacial score (nSPS) is 13.2. The van der Waals surface area contributed by atoms with Crippen LogP contribution in [0.2, 0.25) is 0 Å². The Labute approximate surface area is 96.2 Å². The molecule has 1 aliphatic rings. The van der Waals surface area contributed by atoms with Gasteiger partial charge in [0.25, 0.3) is 0 Å². The fourth-order valence-corrected chi connectivity index (χ4v) is 2.21. The maximum Gasteiger partial charge on any atom is 0.217 e. The van der Waals surface area contributed by atoms with Gasteiger partial charge in [0.05, 0.1) is 30.1 Å². The molecule has 3 rings (SSSR count). The van der Waals surface area contributed by atoms with Gasteiger partial charge in [-0.1, -0.05) is 12.1 Å². The third kappa shape index (κ3) is 1.40. The molecule has 16 heavy (non-hydrogen) atoms. The maximum atomic E-state index is 12.1. The van der Waals surface area contributed by atoms with Crippen LogP contribution in [0.4, 0.5) is 0 Å². The summed E-state index contributed by atoms with van der Waals surface area (Å²) >= 11 is 1.03. The molecule has 0 radical (unpaired) electrons. The van der Waals surface area contributed by atoms with Crippen LogP contribution in [0, 0.1) is 0 Å².